The Morgan fingerprint density at radius 1 is 1.39 bits per heavy atom. The maximum atomic E-state index is 13.0. The van der Waals surface area contributed by atoms with Gasteiger partial charge in [0, 0.05) is 31.7 Å². The summed E-state index contributed by atoms with van der Waals surface area (Å²) in [6.07, 6.45) is 2.88. The second-order valence-electron chi connectivity index (χ2n) is 6.55. The molecule has 0 bridgehead atoms. The molecule has 1 saturated heterocycles. The molecule has 1 fully saturated rings. The maximum absolute atomic E-state index is 13.0. The van der Waals surface area contributed by atoms with Gasteiger partial charge in [-0.15, -0.1) is 12.4 Å². The van der Waals surface area contributed by atoms with Gasteiger partial charge in [0.15, 0.2) is 5.65 Å². The van der Waals surface area contributed by atoms with E-state index in [-0.39, 0.29) is 36.5 Å². The molecule has 1 aliphatic rings. The van der Waals surface area contributed by atoms with Crippen LogP contribution in [0.15, 0.2) is 41.6 Å². The third-order valence-corrected chi connectivity index (χ3v) is 5.06. The molecule has 10 heteroatoms. The lowest BCUT2D eigenvalue weighted by molar-refractivity contribution is -0.135. The Labute approximate surface area is 172 Å². The molecule has 2 aromatic heterocycles. The Bertz CT molecular complexity index is 1060. The summed E-state index contributed by atoms with van der Waals surface area (Å²) < 4.78 is 2.87. The van der Waals surface area contributed by atoms with Crippen LogP contribution in [0.1, 0.15) is 11.6 Å². The fourth-order valence-corrected chi connectivity index (χ4v) is 3.63. The van der Waals surface area contributed by atoms with E-state index >= 15 is 0 Å². The molecule has 8 nitrogen and oxygen atoms in total. The van der Waals surface area contributed by atoms with Crippen molar-refractivity contribution in [2.45, 2.75) is 12.6 Å². The minimum Gasteiger partial charge on any atom is -0.332 e. The van der Waals surface area contributed by atoms with Crippen LogP contribution in [0.25, 0.3) is 11.0 Å². The van der Waals surface area contributed by atoms with Crippen molar-refractivity contribution in [3.05, 3.63) is 57.7 Å². The van der Waals surface area contributed by atoms with Crippen LogP contribution in [-0.4, -0.2) is 49.8 Å². The van der Waals surface area contributed by atoms with E-state index in [1.54, 1.807) is 11.9 Å². The minimum absolute atomic E-state index is 0. The number of rotatable bonds is 3. The monoisotopic (exact) mass is 422 g/mol. The zero-order valence-corrected chi connectivity index (χ0v) is 16.8. The number of carbonyl (C=O) groups excluding carboxylic acids is 1. The van der Waals surface area contributed by atoms with Crippen molar-refractivity contribution in [1.29, 1.82) is 0 Å². The van der Waals surface area contributed by atoms with E-state index in [1.165, 1.54) is 21.8 Å². The molecule has 28 heavy (non-hydrogen) atoms. The van der Waals surface area contributed by atoms with Gasteiger partial charge in [0.05, 0.1) is 12.2 Å². The molecule has 3 heterocycles. The first kappa shape index (κ1) is 20.3. The first-order chi connectivity index (χ1) is 13.0. The molecule has 1 amide bonds. The lowest BCUT2D eigenvalue weighted by atomic mass is 10.0. The number of benzene rings is 1. The average molecular weight is 423 g/mol. The number of hydrogen-bond acceptors (Lipinski definition) is 5. The summed E-state index contributed by atoms with van der Waals surface area (Å²) in [6, 6.07) is 7.38. The fourth-order valence-electron chi connectivity index (χ4n) is 3.43. The van der Waals surface area contributed by atoms with Crippen LogP contribution in [0.5, 0.6) is 0 Å². The molecule has 4 rings (SSSR count). The SMILES string of the molecule is Cl.Cn1ncc2c(=O)n(CC(=O)N3CCNCC3c3cccc(Cl)c3)cnc21. The van der Waals surface area contributed by atoms with Gasteiger partial charge in [-0.2, -0.15) is 5.10 Å². The molecule has 0 aliphatic carbocycles. The predicted octanol–water partition coefficient (Wildman–Crippen LogP) is 1.38. The van der Waals surface area contributed by atoms with Gasteiger partial charge in [-0.05, 0) is 17.7 Å². The van der Waals surface area contributed by atoms with Crippen LogP contribution < -0.4 is 10.9 Å². The van der Waals surface area contributed by atoms with Gasteiger partial charge in [-0.25, -0.2) is 4.98 Å². The number of hydrogen-bond donors (Lipinski definition) is 1. The molecule has 0 spiro atoms. The lowest BCUT2D eigenvalue weighted by Crippen LogP contribution is -2.50. The number of aryl methyl sites for hydroxylation is 1. The van der Waals surface area contributed by atoms with Gasteiger partial charge in [0.1, 0.15) is 18.3 Å². The zero-order valence-electron chi connectivity index (χ0n) is 15.2. The van der Waals surface area contributed by atoms with Gasteiger partial charge < -0.3 is 10.2 Å². The number of fused-ring (bicyclic) bond motifs is 1. The summed E-state index contributed by atoms with van der Waals surface area (Å²) in [7, 11) is 1.72. The van der Waals surface area contributed by atoms with Crippen LogP contribution >= 0.6 is 24.0 Å². The Kier molecular flexibility index (Phi) is 6.02. The summed E-state index contributed by atoms with van der Waals surface area (Å²) >= 11 is 6.11. The highest BCUT2D eigenvalue weighted by Crippen LogP contribution is 2.25. The van der Waals surface area contributed by atoms with Crippen LogP contribution in [0.4, 0.5) is 0 Å². The second-order valence-corrected chi connectivity index (χ2v) is 6.98. The number of amides is 1. The van der Waals surface area contributed by atoms with Crippen molar-refractivity contribution in [1.82, 2.24) is 29.5 Å². The molecule has 3 aromatic rings. The Morgan fingerprint density at radius 3 is 3.00 bits per heavy atom. The second kappa shape index (κ2) is 8.30. The molecule has 0 radical (unpaired) electrons. The van der Waals surface area contributed by atoms with Crippen LogP contribution in [0.3, 0.4) is 0 Å². The fraction of sp³-hybridized carbons (Fsp3) is 0.333. The van der Waals surface area contributed by atoms with Crippen molar-refractivity contribution in [2.24, 2.45) is 7.05 Å². The highest BCUT2D eigenvalue weighted by molar-refractivity contribution is 6.30. The van der Waals surface area contributed by atoms with E-state index in [4.69, 9.17) is 11.6 Å². The number of aromatic nitrogens is 4. The standard InChI is InChI=1S/C18H19ClN6O2.ClH/c1-23-17-14(8-22-23)18(27)24(11-21-17)10-16(26)25-6-5-20-9-15(25)12-3-2-4-13(19)7-12;/h2-4,7-8,11,15,20H,5-6,9-10H2,1H3;1H. The predicted molar refractivity (Wildman–Crippen MR) is 109 cm³/mol. The first-order valence-electron chi connectivity index (χ1n) is 8.67. The Morgan fingerprint density at radius 2 is 2.21 bits per heavy atom. The molecule has 148 valence electrons. The van der Waals surface area contributed by atoms with E-state index in [9.17, 15) is 9.59 Å². The average Bonchev–Trinajstić information content (AvgIpc) is 3.05. The van der Waals surface area contributed by atoms with Gasteiger partial charge in [0.25, 0.3) is 5.56 Å². The summed E-state index contributed by atoms with van der Waals surface area (Å²) in [5, 5.41) is 8.40. The Balaban J connectivity index is 0.00000225. The van der Waals surface area contributed by atoms with Crippen molar-refractivity contribution in [2.75, 3.05) is 19.6 Å². The van der Waals surface area contributed by atoms with Gasteiger partial charge in [0.2, 0.25) is 5.91 Å². The third-order valence-electron chi connectivity index (χ3n) is 4.82. The van der Waals surface area contributed by atoms with Crippen molar-refractivity contribution in [3.63, 3.8) is 0 Å². The quantitative estimate of drug-likeness (QED) is 0.688. The summed E-state index contributed by atoms with van der Waals surface area (Å²) in [5.74, 6) is -0.131. The van der Waals surface area contributed by atoms with Crippen molar-refractivity contribution in [3.8, 4) is 0 Å². The van der Waals surface area contributed by atoms with E-state index in [2.05, 4.69) is 15.4 Å². The van der Waals surface area contributed by atoms with E-state index in [0.29, 0.717) is 35.7 Å². The topological polar surface area (TPSA) is 85.0 Å². The summed E-state index contributed by atoms with van der Waals surface area (Å²) in [5.41, 5.74) is 1.20. The Hall–Kier alpha value is -2.42. The van der Waals surface area contributed by atoms with Crippen LogP contribution in [0, 0.1) is 0 Å². The molecular formula is C18H20Cl2N6O2. The number of nitrogens with zero attached hydrogens (tertiary/aromatic N) is 5. The van der Waals surface area contributed by atoms with Gasteiger partial charge in [-0.3, -0.25) is 18.8 Å². The lowest BCUT2D eigenvalue weighted by Gasteiger charge is -2.36. The normalized spacial score (nSPS) is 16.8. The smallest absolute Gasteiger partial charge is 0.264 e. The maximum Gasteiger partial charge on any atom is 0.264 e. The number of halogens is 2. The number of piperazine rings is 1. The highest BCUT2D eigenvalue weighted by Gasteiger charge is 2.28. The molecule has 1 aliphatic heterocycles. The number of carbonyl (C=O) groups is 1. The van der Waals surface area contributed by atoms with Crippen molar-refractivity contribution >= 4 is 40.9 Å². The molecular weight excluding hydrogens is 403 g/mol. The van der Waals surface area contributed by atoms with E-state index in [1.807, 2.05) is 24.3 Å². The van der Waals surface area contributed by atoms with Gasteiger partial charge >= 0.3 is 0 Å². The molecule has 1 aromatic carbocycles. The first-order valence-corrected chi connectivity index (χ1v) is 9.05. The van der Waals surface area contributed by atoms with Crippen LogP contribution in [0.2, 0.25) is 5.02 Å². The number of nitrogens with one attached hydrogen (secondary N) is 1. The van der Waals surface area contributed by atoms with Crippen molar-refractivity contribution < 1.29 is 4.79 Å². The third kappa shape index (κ3) is 3.76. The summed E-state index contributed by atoms with van der Waals surface area (Å²) in [6.45, 7) is 1.85. The molecule has 1 unspecified atom stereocenters. The largest absolute Gasteiger partial charge is 0.332 e. The molecule has 1 N–H and O–H groups in total. The zero-order chi connectivity index (χ0) is 19.0. The summed E-state index contributed by atoms with van der Waals surface area (Å²) in [4.78, 5) is 31.7. The minimum atomic E-state index is -0.268. The molecule has 1 atom stereocenters. The molecule has 0 saturated carbocycles. The van der Waals surface area contributed by atoms with E-state index < -0.39 is 0 Å². The van der Waals surface area contributed by atoms with Gasteiger partial charge in [-0.1, -0.05) is 23.7 Å². The van der Waals surface area contributed by atoms with Crippen LogP contribution in [-0.2, 0) is 18.4 Å². The highest BCUT2D eigenvalue weighted by atomic mass is 35.5. The van der Waals surface area contributed by atoms with E-state index in [0.717, 1.165) is 5.56 Å².